The number of ketones is 1. The maximum absolute atomic E-state index is 12.5. The Morgan fingerprint density at radius 2 is 1.92 bits per heavy atom. The van der Waals surface area contributed by atoms with E-state index in [1.54, 1.807) is 14.0 Å². The molecule has 7 heteroatoms. The molecule has 26 heavy (non-hydrogen) atoms. The molecule has 142 valence electrons. The number of carbonyl (C=O) groups is 2. The molecule has 1 aromatic heterocycles. The highest BCUT2D eigenvalue weighted by Crippen LogP contribution is 2.37. The molecule has 0 amide bonds. The molecule has 0 unspecified atom stereocenters. The van der Waals surface area contributed by atoms with Crippen LogP contribution in [0.5, 0.6) is 11.5 Å². The van der Waals surface area contributed by atoms with Crippen LogP contribution in [0.4, 0.5) is 0 Å². The molecule has 0 saturated carbocycles. The molecule has 2 aromatic rings. The van der Waals surface area contributed by atoms with Crippen LogP contribution < -0.4 is 9.47 Å². The Morgan fingerprint density at radius 3 is 2.58 bits per heavy atom. The second-order valence-corrected chi connectivity index (χ2v) is 7.82. The summed E-state index contributed by atoms with van der Waals surface area (Å²) in [5.74, 6) is 0.429. The summed E-state index contributed by atoms with van der Waals surface area (Å²) in [4.78, 5) is 24.6. The smallest absolute Gasteiger partial charge is 0.308 e. The summed E-state index contributed by atoms with van der Waals surface area (Å²) in [6.07, 6.45) is 2.12. The second-order valence-electron chi connectivity index (χ2n) is 5.95. The third-order valence-electron chi connectivity index (χ3n) is 3.96. The lowest BCUT2D eigenvalue weighted by atomic mass is 10.0. The molecule has 2 rings (SSSR count). The number of alkyl halides is 1. The van der Waals surface area contributed by atoms with Crippen LogP contribution in [-0.4, -0.2) is 37.9 Å². The quantitative estimate of drug-likeness (QED) is 0.228. The molecule has 0 aliphatic carbocycles. The number of benzene rings is 1. The molecule has 0 bridgehead atoms. The van der Waals surface area contributed by atoms with Crippen LogP contribution >= 0.6 is 27.3 Å². The third kappa shape index (κ3) is 5.20. The van der Waals surface area contributed by atoms with E-state index in [4.69, 9.17) is 9.47 Å². The predicted octanol–water partition coefficient (Wildman–Crippen LogP) is 4.85. The van der Waals surface area contributed by atoms with Crippen LogP contribution in [0.25, 0.3) is 10.1 Å². The number of rotatable bonds is 10. The van der Waals surface area contributed by atoms with E-state index >= 15 is 0 Å². The summed E-state index contributed by atoms with van der Waals surface area (Å²) < 4.78 is 16.9. The Bertz CT molecular complexity index is 771. The molecule has 0 aliphatic heterocycles. The highest BCUT2D eigenvalue weighted by molar-refractivity contribution is 9.09. The van der Waals surface area contributed by atoms with Gasteiger partial charge in [-0.25, -0.2) is 0 Å². The van der Waals surface area contributed by atoms with E-state index < -0.39 is 5.92 Å². The number of unbranched alkanes of at least 4 members (excludes halogenated alkanes) is 1. The first-order valence-electron chi connectivity index (χ1n) is 8.41. The van der Waals surface area contributed by atoms with Crippen molar-refractivity contribution in [2.45, 2.75) is 26.2 Å². The molecule has 0 spiro atoms. The SMILES string of the molecule is COC(=O)[C@@H](C)CC(=O)c1cc2cc(OC)c(OCCCCBr)cc2s1. The van der Waals surface area contributed by atoms with Crippen LogP contribution in [-0.2, 0) is 9.53 Å². The number of fused-ring (bicyclic) bond motifs is 1. The minimum atomic E-state index is -0.458. The van der Waals surface area contributed by atoms with Gasteiger partial charge in [0.1, 0.15) is 0 Å². The lowest BCUT2D eigenvalue weighted by molar-refractivity contribution is -0.144. The fraction of sp³-hybridized carbons (Fsp3) is 0.474. The van der Waals surface area contributed by atoms with Gasteiger partial charge in [-0.2, -0.15) is 0 Å². The zero-order chi connectivity index (χ0) is 19.1. The molecule has 1 aromatic carbocycles. The van der Waals surface area contributed by atoms with E-state index in [0.29, 0.717) is 23.0 Å². The van der Waals surface area contributed by atoms with E-state index in [-0.39, 0.29) is 18.2 Å². The summed E-state index contributed by atoms with van der Waals surface area (Å²) in [7, 11) is 2.93. The molecule has 0 radical (unpaired) electrons. The first-order chi connectivity index (χ1) is 12.5. The summed E-state index contributed by atoms with van der Waals surface area (Å²) in [6, 6.07) is 5.63. The Balaban J connectivity index is 2.18. The van der Waals surface area contributed by atoms with E-state index in [0.717, 1.165) is 28.3 Å². The maximum Gasteiger partial charge on any atom is 0.308 e. The van der Waals surface area contributed by atoms with E-state index in [9.17, 15) is 9.59 Å². The van der Waals surface area contributed by atoms with Gasteiger partial charge >= 0.3 is 5.97 Å². The van der Waals surface area contributed by atoms with Gasteiger partial charge in [0.15, 0.2) is 17.3 Å². The fourth-order valence-corrected chi connectivity index (χ4v) is 3.92. The fourth-order valence-electron chi connectivity index (χ4n) is 2.50. The van der Waals surface area contributed by atoms with Gasteiger partial charge in [0.05, 0.1) is 31.6 Å². The molecular weight excluding hydrogens is 420 g/mol. The number of methoxy groups -OCH3 is 2. The van der Waals surface area contributed by atoms with Crippen molar-refractivity contribution in [2.24, 2.45) is 5.92 Å². The van der Waals surface area contributed by atoms with Crippen LogP contribution in [0.3, 0.4) is 0 Å². The van der Waals surface area contributed by atoms with Gasteiger partial charge in [-0.15, -0.1) is 11.3 Å². The Morgan fingerprint density at radius 1 is 1.15 bits per heavy atom. The highest BCUT2D eigenvalue weighted by Gasteiger charge is 2.20. The van der Waals surface area contributed by atoms with Gasteiger partial charge in [-0.05, 0) is 30.4 Å². The molecule has 0 saturated heterocycles. The zero-order valence-electron chi connectivity index (χ0n) is 15.2. The van der Waals surface area contributed by atoms with Crippen molar-refractivity contribution in [1.29, 1.82) is 0 Å². The van der Waals surface area contributed by atoms with E-state index in [1.165, 1.54) is 18.4 Å². The average Bonchev–Trinajstić information content (AvgIpc) is 3.06. The number of halogens is 1. The number of carbonyl (C=O) groups excluding carboxylic acids is 2. The van der Waals surface area contributed by atoms with Gasteiger partial charge < -0.3 is 14.2 Å². The van der Waals surface area contributed by atoms with Gasteiger partial charge in [-0.1, -0.05) is 22.9 Å². The topological polar surface area (TPSA) is 61.8 Å². The summed E-state index contributed by atoms with van der Waals surface area (Å²) in [5, 5.41) is 1.88. The predicted molar refractivity (Wildman–Crippen MR) is 107 cm³/mol. The summed E-state index contributed by atoms with van der Waals surface area (Å²) >= 11 is 4.80. The Hall–Kier alpha value is -1.60. The normalized spacial score (nSPS) is 12.0. The van der Waals surface area contributed by atoms with E-state index in [1.807, 2.05) is 18.2 Å². The van der Waals surface area contributed by atoms with Crippen LogP contribution in [0.1, 0.15) is 35.9 Å². The molecular formula is C19H23BrO5S. The molecule has 1 atom stereocenters. The number of esters is 1. The number of hydrogen-bond acceptors (Lipinski definition) is 6. The molecule has 0 aliphatic rings. The van der Waals surface area contributed by atoms with Crippen LogP contribution in [0, 0.1) is 5.92 Å². The van der Waals surface area contributed by atoms with Gasteiger partial charge in [0, 0.05) is 22.5 Å². The molecule has 5 nitrogen and oxygen atoms in total. The van der Waals surface area contributed by atoms with E-state index in [2.05, 4.69) is 20.7 Å². The Labute approximate surface area is 165 Å². The monoisotopic (exact) mass is 442 g/mol. The number of Topliss-reactive ketones (excluding diaryl/α,β-unsaturated/α-hetero) is 1. The largest absolute Gasteiger partial charge is 0.493 e. The summed E-state index contributed by atoms with van der Waals surface area (Å²) in [6.45, 7) is 2.31. The number of ether oxygens (including phenoxy) is 3. The van der Waals surface area contributed by atoms with Crippen LogP contribution in [0.15, 0.2) is 18.2 Å². The number of thiophene rings is 1. The Kier molecular flexibility index (Phi) is 7.90. The van der Waals surface area contributed by atoms with Gasteiger partial charge in [-0.3, -0.25) is 9.59 Å². The average molecular weight is 443 g/mol. The summed E-state index contributed by atoms with van der Waals surface area (Å²) in [5.41, 5.74) is 0. The van der Waals surface area contributed by atoms with Crippen LogP contribution in [0.2, 0.25) is 0 Å². The standard InChI is InChI=1S/C19H23BrO5S/c1-12(19(22)24-3)8-14(21)18-10-13-9-15(23-2)16(11-17(13)26-18)25-7-5-4-6-20/h9-12H,4-8H2,1-3H3/t12-/m0/s1. The minimum Gasteiger partial charge on any atom is -0.493 e. The first-order valence-corrected chi connectivity index (χ1v) is 10.3. The third-order valence-corrected chi connectivity index (χ3v) is 5.66. The van der Waals surface area contributed by atoms with Crippen molar-refractivity contribution in [3.63, 3.8) is 0 Å². The van der Waals surface area contributed by atoms with Crippen molar-refractivity contribution in [1.82, 2.24) is 0 Å². The molecule has 0 N–H and O–H groups in total. The lowest BCUT2D eigenvalue weighted by Gasteiger charge is -2.10. The number of hydrogen-bond donors (Lipinski definition) is 0. The lowest BCUT2D eigenvalue weighted by Crippen LogP contribution is -2.16. The zero-order valence-corrected chi connectivity index (χ0v) is 17.6. The first kappa shape index (κ1) is 20.7. The van der Waals surface area contributed by atoms with Gasteiger partial charge in [0.2, 0.25) is 0 Å². The van der Waals surface area contributed by atoms with Crippen molar-refractivity contribution < 1.29 is 23.8 Å². The molecule has 0 fully saturated rings. The van der Waals surface area contributed by atoms with Gasteiger partial charge in [0.25, 0.3) is 0 Å². The van der Waals surface area contributed by atoms with Crippen molar-refractivity contribution in [3.05, 3.63) is 23.1 Å². The minimum absolute atomic E-state index is 0.0668. The highest BCUT2D eigenvalue weighted by atomic mass is 79.9. The van der Waals surface area contributed by atoms with Crippen molar-refractivity contribution in [2.75, 3.05) is 26.2 Å². The molecule has 1 heterocycles. The van der Waals surface area contributed by atoms with Crippen molar-refractivity contribution >= 4 is 49.1 Å². The van der Waals surface area contributed by atoms with Crippen molar-refractivity contribution in [3.8, 4) is 11.5 Å². The maximum atomic E-state index is 12.5. The second kappa shape index (κ2) is 9.92.